The zero-order chi connectivity index (χ0) is 14.0. The molecule has 1 N–H and O–H groups in total. The van der Waals surface area contributed by atoms with Gasteiger partial charge in [-0.3, -0.25) is 9.69 Å². The van der Waals surface area contributed by atoms with E-state index in [2.05, 4.69) is 0 Å². The number of carbonyl (C=O) groups is 1. The summed E-state index contributed by atoms with van der Waals surface area (Å²) in [6, 6.07) is 10.1. The first-order valence-corrected chi connectivity index (χ1v) is 6.64. The van der Waals surface area contributed by atoms with Crippen molar-refractivity contribution in [3.8, 4) is 0 Å². The van der Waals surface area contributed by atoms with Crippen molar-refractivity contribution in [3.63, 3.8) is 0 Å². The zero-order valence-electron chi connectivity index (χ0n) is 11.8. The average molecular weight is 262 g/mol. The number of rotatable bonds is 4. The van der Waals surface area contributed by atoms with Crippen molar-refractivity contribution in [1.82, 2.24) is 9.80 Å². The van der Waals surface area contributed by atoms with Crippen molar-refractivity contribution in [2.24, 2.45) is 0 Å². The highest BCUT2D eigenvalue weighted by Gasteiger charge is 2.37. The molecule has 0 saturated carbocycles. The summed E-state index contributed by atoms with van der Waals surface area (Å²) >= 11 is 0. The summed E-state index contributed by atoms with van der Waals surface area (Å²) in [4.78, 5) is 15.9. The van der Waals surface area contributed by atoms with E-state index < -0.39 is 5.60 Å². The molecule has 2 rings (SSSR count). The van der Waals surface area contributed by atoms with E-state index in [0.29, 0.717) is 19.6 Å². The molecule has 1 saturated heterocycles. The van der Waals surface area contributed by atoms with Crippen molar-refractivity contribution in [2.45, 2.75) is 25.5 Å². The van der Waals surface area contributed by atoms with Gasteiger partial charge in [-0.05, 0) is 19.4 Å². The maximum atomic E-state index is 12.2. The van der Waals surface area contributed by atoms with Crippen LogP contribution in [0.3, 0.4) is 0 Å². The third kappa shape index (κ3) is 3.33. The first kappa shape index (κ1) is 14.0. The lowest BCUT2D eigenvalue weighted by Crippen LogP contribution is -2.61. The van der Waals surface area contributed by atoms with Crippen molar-refractivity contribution >= 4 is 5.91 Å². The molecule has 1 aliphatic rings. The minimum absolute atomic E-state index is 0.0653. The summed E-state index contributed by atoms with van der Waals surface area (Å²) in [5, 5.41) is 9.66. The average Bonchev–Trinajstić information content (AvgIpc) is 2.35. The summed E-state index contributed by atoms with van der Waals surface area (Å²) in [6.07, 6.45) is 0. The van der Waals surface area contributed by atoms with Crippen LogP contribution < -0.4 is 0 Å². The van der Waals surface area contributed by atoms with Gasteiger partial charge in [0.1, 0.15) is 0 Å². The van der Waals surface area contributed by atoms with Crippen LogP contribution in [0.15, 0.2) is 30.3 Å². The third-order valence-electron chi connectivity index (χ3n) is 3.74. The van der Waals surface area contributed by atoms with E-state index in [4.69, 9.17) is 0 Å². The standard InChI is InChI=1S/C15H22N2O2/c1-12(13-7-5-4-6-8-13)16(3)14(18)9-17-10-15(2,19)11-17/h4-8,12,19H,9-11H2,1-3H3. The summed E-state index contributed by atoms with van der Waals surface area (Å²) < 4.78 is 0. The fourth-order valence-electron chi connectivity index (χ4n) is 2.50. The number of likely N-dealkylation sites (N-methyl/N-ethyl adjacent to an activating group) is 1. The molecular formula is C15H22N2O2. The lowest BCUT2D eigenvalue weighted by atomic mass is 9.97. The molecule has 0 aromatic heterocycles. The first-order chi connectivity index (χ1) is 8.89. The number of carbonyl (C=O) groups excluding carboxylic acids is 1. The Bertz CT molecular complexity index is 437. The van der Waals surface area contributed by atoms with Crippen molar-refractivity contribution in [2.75, 3.05) is 26.7 Å². The number of benzene rings is 1. The van der Waals surface area contributed by atoms with Gasteiger partial charge in [-0.1, -0.05) is 30.3 Å². The predicted molar refractivity (Wildman–Crippen MR) is 74.7 cm³/mol. The lowest BCUT2D eigenvalue weighted by Gasteiger charge is -2.44. The number of nitrogens with zero attached hydrogens (tertiary/aromatic N) is 2. The molecular weight excluding hydrogens is 240 g/mol. The van der Waals surface area contributed by atoms with Gasteiger partial charge in [-0.15, -0.1) is 0 Å². The number of hydrogen-bond donors (Lipinski definition) is 1. The summed E-state index contributed by atoms with van der Waals surface area (Å²) in [6.45, 7) is 5.35. The van der Waals surface area contributed by atoms with E-state index >= 15 is 0 Å². The number of β-amino-alcohol motifs (C(OH)–C–C–N with tert-alkyl or cyclic N) is 1. The number of aliphatic hydroxyl groups is 1. The molecule has 1 aromatic carbocycles. The fraction of sp³-hybridized carbons (Fsp3) is 0.533. The normalized spacial score (nSPS) is 19.6. The van der Waals surface area contributed by atoms with Crippen molar-refractivity contribution in [1.29, 1.82) is 0 Å². The maximum absolute atomic E-state index is 12.2. The molecule has 4 heteroatoms. The van der Waals surface area contributed by atoms with E-state index in [1.54, 1.807) is 11.8 Å². The molecule has 0 radical (unpaired) electrons. The second-order valence-corrected chi connectivity index (χ2v) is 5.73. The van der Waals surface area contributed by atoms with Crippen LogP contribution in [0.2, 0.25) is 0 Å². The minimum atomic E-state index is -0.621. The molecule has 4 nitrogen and oxygen atoms in total. The van der Waals surface area contributed by atoms with Gasteiger partial charge in [0.05, 0.1) is 18.2 Å². The van der Waals surface area contributed by atoms with Crippen LogP contribution in [-0.2, 0) is 4.79 Å². The molecule has 1 aromatic rings. The van der Waals surface area contributed by atoms with Crippen molar-refractivity contribution < 1.29 is 9.90 Å². The second kappa shape index (κ2) is 5.31. The minimum Gasteiger partial charge on any atom is -0.388 e. The number of likely N-dealkylation sites (tertiary alicyclic amines) is 1. The van der Waals surface area contributed by atoms with Gasteiger partial charge in [0.15, 0.2) is 0 Å². The van der Waals surface area contributed by atoms with Crippen LogP contribution in [0.25, 0.3) is 0 Å². The molecule has 1 aliphatic heterocycles. The second-order valence-electron chi connectivity index (χ2n) is 5.73. The van der Waals surface area contributed by atoms with Crippen LogP contribution >= 0.6 is 0 Å². The summed E-state index contributed by atoms with van der Waals surface area (Å²) in [5.74, 6) is 0.0897. The van der Waals surface area contributed by atoms with Crippen LogP contribution in [0.1, 0.15) is 25.5 Å². The van der Waals surface area contributed by atoms with E-state index in [1.165, 1.54) is 0 Å². The Kier molecular flexibility index (Phi) is 3.92. The maximum Gasteiger partial charge on any atom is 0.236 e. The Morgan fingerprint density at radius 3 is 2.53 bits per heavy atom. The van der Waals surface area contributed by atoms with Crippen LogP contribution in [0.4, 0.5) is 0 Å². The topological polar surface area (TPSA) is 43.8 Å². The highest BCUT2D eigenvalue weighted by Crippen LogP contribution is 2.22. The van der Waals surface area contributed by atoms with Gasteiger partial charge in [-0.2, -0.15) is 0 Å². The van der Waals surface area contributed by atoms with Gasteiger partial charge in [0.2, 0.25) is 5.91 Å². The molecule has 1 fully saturated rings. The molecule has 0 aliphatic carbocycles. The summed E-state index contributed by atoms with van der Waals surface area (Å²) in [5.41, 5.74) is 0.512. The SMILES string of the molecule is CC(c1ccccc1)N(C)C(=O)CN1CC(C)(O)C1. The fourth-order valence-corrected chi connectivity index (χ4v) is 2.50. The lowest BCUT2D eigenvalue weighted by molar-refractivity contribution is -0.140. The zero-order valence-corrected chi connectivity index (χ0v) is 11.8. The van der Waals surface area contributed by atoms with Crippen molar-refractivity contribution in [3.05, 3.63) is 35.9 Å². The quantitative estimate of drug-likeness (QED) is 0.889. The molecule has 1 amide bonds. The molecule has 104 valence electrons. The molecule has 0 bridgehead atoms. The first-order valence-electron chi connectivity index (χ1n) is 6.64. The highest BCUT2D eigenvalue weighted by molar-refractivity contribution is 5.78. The molecule has 1 heterocycles. The number of amides is 1. The van der Waals surface area contributed by atoms with Gasteiger partial charge < -0.3 is 10.0 Å². The Morgan fingerprint density at radius 2 is 2.00 bits per heavy atom. The third-order valence-corrected chi connectivity index (χ3v) is 3.74. The van der Waals surface area contributed by atoms with Crippen LogP contribution in [-0.4, -0.2) is 53.1 Å². The predicted octanol–water partition coefficient (Wildman–Crippen LogP) is 1.27. The van der Waals surface area contributed by atoms with E-state index in [0.717, 1.165) is 5.56 Å². The van der Waals surface area contributed by atoms with E-state index in [9.17, 15) is 9.90 Å². The monoisotopic (exact) mass is 262 g/mol. The smallest absolute Gasteiger partial charge is 0.236 e. The summed E-state index contributed by atoms with van der Waals surface area (Å²) in [7, 11) is 1.83. The Labute approximate surface area is 114 Å². The molecule has 19 heavy (non-hydrogen) atoms. The van der Waals surface area contributed by atoms with Crippen LogP contribution in [0.5, 0.6) is 0 Å². The van der Waals surface area contributed by atoms with E-state index in [1.807, 2.05) is 49.2 Å². The highest BCUT2D eigenvalue weighted by atomic mass is 16.3. The van der Waals surface area contributed by atoms with E-state index in [-0.39, 0.29) is 11.9 Å². The molecule has 0 spiro atoms. The Balaban J connectivity index is 1.89. The van der Waals surface area contributed by atoms with Gasteiger partial charge >= 0.3 is 0 Å². The Hall–Kier alpha value is -1.39. The van der Waals surface area contributed by atoms with Gasteiger partial charge in [0.25, 0.3) is 0 Å². The van der Waals surface area contributed by atoms with Gasteiger partial charge in [0, 0.05) is 20.1 Å². The molecule has 1 atom stereocenters. The Morgan fingerprint density at radius 1 is 1.42 bits per heavy atom. The molecule has 1 unspecified atom stereocenters. The van der Waals surface area contributed by atoms with Crippen LogP contribution in [0, 0.1) is 0 Å². The number of hydrogen-bond acceptors (Lipinski definition) is 3. The largest absolute Gasteiger partial charge is 0.388 e. The van der Waals surface area contributed by atoms with Gasteiger partial charge in [-0.25, -0.2) is 0 Å².